The first-order valence-corrected chi connectivity index (χ1v) is 9.15. The second kappa shape index (κ2) is 8.83. The molecule has 5 nitrogen and oxygen atoms in total. The molecule has 2 N–H and O–H groups in total. The van der Waals surface area contributed by atoms with Crippen molar-refractivity contribution in [2.75, 3.05) is 30.3 Å². The second-order valence-corrected chi connectivity index (χ2v) is 6.81. The molecule has 1 aromatic heterocycles. The lowest BCUT2D eigenvalue weighted by atomic mass is 10.0. The summed E-state index contributed by atoms with van der Waals surface area (Å²) in [4.78, 5) is 19.4. The molecule has 6 heteroatoms. The summed E-state index contributed by atoms with van der Waals surface area (Å²) in [5.74, 6) is 0.418. The Kier molecular flexibility index (Phi) is 6.26. The van der Waals surface area contributed by atoms with E-state index >= 15 is 0 Å². The van der Waals surface area contributed by atoms with Gasteiger partial charge in [0.1, 0.15) is 5.82 Å². The number of anilines is 2. The topological polar surface area (TPSA) is 57.3 Å². The van der Waals surface area contributed by atoms with Crippen molar-refractivity contribution >= 4 is 29.0 Å². The molecule has 0 aliphatic carbocycles. The lowest BCUT2D eigenvalue weighted by Gasteiger charge is -2.32. The maximum absolute atomic E-state index is 12.7. The molecule has 1 fully saturated rings. The van der Waals surface area contributed by atoms with Gasteiger partial charge < -0.3 is 10.6 Å². The van der Waals surface area contributed by atoms with Crippen molar-refractivity contribution in [3.63, 3.8) is 0 Å². The fourth-order valence-electron chi connectivity index (χ4n) is 3.10. The summed E-state index contributed by atoms with van der Waals surface area (Å²) < 4.78 is 0. The van der Waals surface area contributed by atoms with E-state index in [-0.39, 0.29) is 5.91 Å². The number of rotatable bonds is 6. The van der Waals surface area contributed by atoms with Crippen LogP contribution < -0.4 is 10.6 Å². The van der Waals surface area contributed by atoms with Gasteiger partial charge >= 0.3 is 0 Å². The average molecular weight is 371 g/mol. The van der Waals surface area contributed by atoms with Gasteiger partial charge in [-0.3, -0.25) is 9.69 Å². The molecule has 2 heterocycles. The molecule has 1 aromatic carbocycles. The highest BCUT2D eigenvalue weighted by Crippen LogP contribution is 2.21. The first-order chi connectivity index (χ1) is 12.7. The zero-order chi connectivity index (χ0) is 18.4. The predicted octanol–water partition coefficient (Wildman–Crippen LogP) is 4.05. The molecule has 0 saturated carbocycles. The van der Waals surface area contributed by atoms with Crippen LogP contribution >= 0.6 is 11.6 Å². The molecule has 0 radical (unpaired) electrons. The number of carbonyl (C=O) groups excluding carboxylic acids is 1. The van der Waals surface area contributed by atoms with Crippen LogP contribution in [0.1, 0.15) is 23.2 Å². The van der Waals surface area contributed by atoms with Crippen LogP contribution in [0, 0.1) is 0 Å². The van der Waals surface area contributed by atoms with Crippen LogP contribution in [0.2, 0.25) is 5.02 Å². The predicted molar refractivity (Wildman–Crippen MR) is 107 cm³/mol. The van der Waals surface area contributed by atoms with Crippen molar-refractivity contribution in [3.8, 4) is 0 Å². The number of hydrogen-bond donors (Lipinski definition) is 2. The van der Waals surface area contributed by atoms with Crippen molar-refractivity contribution in [2.45, 2.75) is 18.9 Å². The first-order valence-electron chi connectivity index (χ1n) is 8.77. The van der Waals surface area contributed by atoms with Gasteiger partial charge in [-0.25, -0.2) is 4.98 Å². The van der Waals surface area contributed by atoms with Crippen molar-refractivity contribution < 1.29 is 4.79 Å². The highest BCUT2D eigenvalue weighted by atomic mass is 35.5. The lowest BCUT2D eigenvalue weighted by Crippen LogP contribution is -2.39. The number of aromatic nitrogens is 1. The molecule has 26 heavy (non-hydrogen) atoms. The monoisotopic (exact) mass is 370 g/mol. The van der Waals surface area contributed by atoms with Crippen molar-refractivity contribution in [1.82, 2.24) is 9.88 Å². The van der Waals surface area contributed by atoms with Gasteiger partial charge in [0, 0.05) is 42.6 Å². The highest BCUT2D eigenvalue weighted by Gasteiger charge is 2.21. The van der Waals surface area contributed by atoms with Gasteiger partial charge in [-0.1, -0.05) is 23.7 Å². The van der Waals surface area contributed by atoms with Gasteiger partial charge in [-0.05, 0) is 43.2 Å². The number of nitrogens with one attached hydrogen (secondary N) is 2. The molecule has 0 bridgehead atoms. The van der Waals surface area contributed by atoms with E-state index in [1.165, 1.54) is 0 Å². The van der Waals surface area contributed by atoms with Gasteiger partial charge in [0.15, 0.2) is 0 Å². The van der Waals surface area contributed by atoms with Crippen LogP contribution in [0.25, 0.3) is 0 Å². The summed E-state index contributed by atoms with van der Waals surface area (Å²) in [7, 11) is 0. The molecule has 3 rings (SSSR count). The standard InChI is InChI=1S/C20H23ClN4O/c1-2-11-25-12-8-16(9-13-25)23-19-18(7-4-10-22-19)20(26)24-17-6-3-5-15(21)14-17/h2-7,10,14,16H,1,8-9,11-13H2,(H,22,23)(H,24,26). The smallest absolute Gasteiger partial charge is 0.259 e. The second-order valence-electron chi connectivity index (χ2n) is 6.37. The van der Waals surface area contributed by atoms with E-state index in [1.54, 1.807) is 36.5 Å². The Morgan fingerprint density at radius 2 is 2.12 bits per heavy atom. The fourth-order valence-corrected chi connectivity index (χ4v) is 3.29. The minimum absolute atomic E-state index is 0.202. The van der Waals surface area contributed by atoms with E-state index < -0.39 is 0 Å². The summed E-state index contributed by atoms with van der Waals surface area (Å²) in [6.45, 7) is 6.74. The van der Waals surface area contributed by atoms with E-state index in [1.807, 2.05) is 12.1 Å². The summed E-state index contributed by atoms with van der Waals surface area (Å²) in [5.41, 5.74) is 1.19. The Balaban J connectivity index is 1.66. The molecule has 1 aliphatic heterocycles. The maximum Gasteiger partial charge on any atom is 0.259 e. The zero-order valence-electron chi connectivity index (χ0n) is 14.6. The average Bonchev–Trinajstić information content (AvgIpc) is 2.64. The molecule has 1 amide bonds. The lowest BCUT2D eigenvalue weighted by molar-refractivity contribution is 0.102. The molecular weight excluding hydrogens is 348 g/mol. The maximum atomic E-state index is 12.7. The third-order valence-corrected chi connectivity index (χ3v) is 4.69. The van der Waals surface area contributed by atoms with Crippen LogP contribution in [-0.2, 0) is 0 Å². The van der Waals surface area contributed by atoms with Crippen LogP contribution in [0.3, 0.4) is 0 Å². The van der Waals surface area contributed by atoms with Crippen LogP contribution in [0.5, 0.6) is 0 Å². The molecular formula is C20H23ClN4O. The third kappa shape index (κ3) is 4.84. The molecule has 2 aromatic rings. The Bertz CT molecular complexity index is 772. The highest BCUT2D eigenvalue weighted by molar-refractivity contribution is 6.31. The number of likely N-dealkylation sites (tertiary alicyclic amines) is 1. The number of pyridine rings is 1. The number of piperidine rings is 1. The van der Waals surface area contributed by atoms with E-state index in [4.69, 9.17) is 11.6 Å². The minimum Gasteiger partial charge on any atom is -0.367 e. The summed E-state index contributed by atoms with van der Waals surface area (Å²) >= 11 is 5.98. The molecule has 0 spiro atoms. The number of hydrogen-bond acceptors (Lipinski definition) is 4. The minimum atomic E-state index is -0.202. The van der Waals surface area contributed by atoms with Crippen molar-refractivity contribution in [1.29, 1.82) is 0 Å². The fraction of sp³-hybridized carbons (Fsp3) is 0.300. The Morgan fingerprint density at radius 3 is 2.85 bits per heavy atom. The summed E-state index contributed by atoms with van der Waals surface area (Å²) in [6, 6.07) is 11.0. The number of carbonyl (C=O) groups is 1. The van der Waals surface area contributed by atoms with Gasteiger partial charge in [0.05, 0.1) is 5.56 Å². The molecule has 0 unspecified atom stereocenters. The van der Waals surface area contributed by atoms with Crippen LogP contribution in [0.15, 0.2) is 55.3 Å². The van der Waals surface area contributed by atoms with Gasteiger partial charge in [-0.15, -0.1) is 6.58 Å². The largest absolute Gasteiger partial charge is 0.367 e. The normalized spacial score (nSPS) is 15.4. The summed E-state index contributed by atoms with van der Waals surface area (Å²) in [5, 5.41) is 6.90. The van der Waals surface area contributed by atoms with Crippen LogP contribution in [0.4, 0.5) is 11.5 Å². The van der Waals surface area contributed by atoms with Crippen molar-refractivity contribution in [2.24, 2.45) is 0 Å². The van der Waals surface area contributed by atoms with E-state index in [2.05, 4.69) is 27.1 Å². The molecule has 136 valence electrons. The first kappa shape index (κ1) is 18.4. The number of amides is 1. The molecule has 0 atom stereocenters. The molecule has 1 aliphatic rings. The quantitative estimate of drug-likeness (QED) is 0.753. The number of nitrogens with zero attached hydrogens (tertiary/aromatic N) is 2. The van der Waals surface area contributed by atoms with Crippen molar-refractivity contribution in [3.05, 3.63) is 65.8 Å². The Hall–Kier alpha value is -2.37. The van der Waals surface area contributed by atoms with E-state index in [9.17, 15) is 4.79 Å². The Labute approximate surface area is 159 Å². The van der Waals surface area contributed by atoms with E-state index in [0.717, 1.165) is 32.5 Å². The zero-order valence-corrected chi connectivity index (χ0v) is 15.4. The number of halogens is 1. The summed E-state index contributed by atoms with van der Waals surface area (Å²) in [6.07, 6.45) is 5.66. The van der Waals surface area contributed by atoms with Gasteiger partial charge in [0.25, 0.3) is 5.91 Å². The van der Waals surface area contributed by atoms with E-state index in [0.29, 0.717) is 28.1 Å². The number of benzene rings is 1. The van der Waals surface area contributed by atoms with Gasteiger partial charge in [0.2, 0.25) is 0 Å². The SMILES string of the molecule is C=CCN1CCC(Nc2ncccc2C(=O)Nc2cccc(Cl)c2)CC1. The third-order valence-electron chi connectivity index (χ3n) is 4.45. The van der Waals surface area contributed by atoms with Crippen LogP contribution in [-0.4, -0.2) is 41.5 Å². The van der Waals surface area contributed by atoms with Gasteiger partial charge in [-0.2, -0.15) is 0 Å². The molecule has 1 saturated heterocycles. The Morgan fingerprint density at radius 1 is 1.31 bits per heavy atom.